The number of hydrogen-bond acceptors (Lipinski definition) is 4. The molecule has 22 heavy (non-hydrogen) atoms. The molecule has 4 heteroatoms. The highest BCUT2D eigenvalue weighted by Gasteiger charge is 2.36. The summed E-state index contributed by atoms with van der Waals surface area (Å²) in [5.74, 6) is 0.539. The van der Waals surface area contributed by atoms with Crippen molar-refractivity contribution >= 4 is 6.08 Å². The second kappa shape index (κ2) is 6.75. The van der Waals surface area contributed by atoms with Crippen LogP contribution >= 0.6 is 0 Å². The maximum atomic E-state index is 10.1. The first-order valence-electron chi connectivity index (χ1n) is 7.20. The highest BCUT2D eigenvalue weighted by molar-refractivity contribution is 5.48. The Balaban J connectivity index is 1.61. The minimum atomic E-state index is -1.11. The Bertz CT molecular complexity index is 639. The first kappa shape index (κ1) is 14.8. The van der Waals surface area contributed by atoms with Crippen molar-refractivity contribution in [3.8, 4) is 5.75 Å². The van der Waals surface area contributed by atoms with E-state index in [0.29, 0.717) is 11.3 Å². The minimum absolute atomic E-state index is 0.283. The van der Waals surface area contributed by atoms with Crippen LogP contribution in [-0.2, 0) is 4.74 Å². The number of aliphatic hydroxyl groups excluding tert-OH is 2. The molecule has 1 heterocycles. The van der Waals surface area contributed by atoms with E-state index in [-0.39, 0.29) is 6.61 Å². The zero-order chi connectivity index (χ0) is 15.4. The lowest BCUT2D eigenvalue weighted by Gasteiger charge is -2.33. The summed E-state index contributed by atoms with van der Waals surface area (Å²) in [6.07, 6.45) is 0.774. The summed E-state index contributed by atoms with van der Waals surface area (Å²) in [4.78, 5) is 0. The molecule has 0 amide bonds. The first-order chi connectivity index (χ1) is 10.8. The van der Waals surface area contributed by atoms with E-state index in [1.165, 1.54) is 0 Å². The molecule has 0 bridgehead atoms. The summed E-state index contributed by atoms with van der Waals surface area (Å²) in [7, 11) is 0. The van der Waals surface area contributed by atoms with Crippen LogP contribution in [-0.4, -0.2) is 29.2 Å². The Hall–Kier alpha value is -2.14. The van der Waals surface area contributed by atoms with Crippen molar-refractivity contribution in [3.63, 3.8) is 0 Å². The van der Waals surface area contributed by atoms with Gasteiger partial charge in [0.2, 0.25) is 6.29 Å². The van der Waals surface area contributed by atoms with Gasteiger partial charge in [0.25, 0.3) is 0 Å². The number of ether oxygens (including phenoxy) is 2. The van der Waals surface area contributed by atoms with Crippen LogP contribution in [0.4, 0.5) is 0 Å². The van der Waals surface area contributed by atoms with E-state index >= 15 is 0 Å². The highest BCUT2D eigenvalue weighted by Crippen LogP contribution is 2.34. The van der Waals surface area contributed by atoms with Crippen LogP contribution in [0.25, 0.3) is 6.08 Å². The van der Waals surface area contributed by atoms with Gasteiger partial charge in [0.05, 0.1) is 6.61 Å². The lowest BCUT2D eigenvalue weighted by atomic mass is 10.0. The van der Waals surface area contributed by atoms with Crippen LogP contribution in [0.1, 0.15) is 17.2 Å². The van der Waals surface area contributed by atoms with Crippen LogP contribution < -0.4 is 4.74 Å². The number of fused-ring (bicyclic) bond motifs is 1. The topological polar surface area (TPSA) is 58.9 Å². The zero-order valence-corrected chi connectivity index (χ0v) is 12.0. The molecule has 0 saturated carbocycles. The predicted octanol–water partition coefficient (Wildman–Crippen LogP) is 2.53. The van der Waals surface area contributed by atoms with Gasteiger partial charge in [-0.25, -0.2) is 0 Å². The van der Waals surface area contributed by atoms with E-state index < -0.39 is 18.5 Å². The molecule has 3 atom stereocenters. The predicted molar refractivity (Wildman–Crippen MR) is 83.3 cm³/mol. The smallest absolute Gasteiger partial charge is 0.229 e. The molecular formula is C18H18O4. The Morgan fingerprint density at radius 2 is 1.73 bits per heavy atom. The summed E-state index contributed by atoms with van der Waals surface area (Å²) < 4.78 is 11.1. The van der Waals surface area contributed by atoms with Crippen molar-refractivity contribution in [2.24, 2.45) is 0 Å². The SMILES string of the molecule is O[C@@H]1[C@@H](OC/C=C/c2ccccc2)Oc2ccccc2[C@H]1O. The van der Waals surface area contributed by atoms with Gasteiger partial charge < -0.3 is 19.7 Å². The Morgan fingerprint density at radius 3 is 2.55 bits per heavy atom. The second-order valence-corrected chi connectivity index (χ2v) is 5.11. The summed E-state index contributed by atoms with van der Waals surface area (Å²) in [6, 6.07) is 16.9. The van der Waals surface area contributed by atoms with Crippen molar-refractivity contribution in [1.82, 2.24) is 0 Å². The minimum Gasteiger partial charge on any atom is -0.462 e. The van der Waals surface area contributed by atoms with Crippen LogP contribution in [0.5, 0.6) is 5.75 Å². The van der Waals surface area contributed by atoms with E-state index in [4.69, 9.17) is 9.47 Å². The molecule has 2 N–H and O–H groups in total. The Labute approximate surface area is 129 Å². The summed E-state index contributed by atoms with van der Waals surface area (Å²) >= 11 is 0. The molecule has 4 nitrogen and oxygen atoms in total. The summed E-state index contributed by atoms with van der Waals surface area (Å²) in [6.45, 7) is 0.283. The largest absolute Gasteiger partial charge is 0.462 e. The quantitative estimate of drug-likeness (QED) is 0.910. The van der Waals surface area contributed by atoms with Crippen LogP contribution in [0.3, 0.4) is 0 Å². The third kappa shape index (κ3) is 3.20. The van der Waals surface area contributed by atoms with Gasteiger partial charge in [-0.1, -0.05) is 60.7 Å². The second-order valence-electron chi connectivity index (χ2n) is 5.11. The van der Waals surface area contributed by atoms with Crippen molar-refractivity contribution < 1.29 is 19.7 Å². The third-order valence-electron chi connectivity index (χ3n) is 3.55. The summed E-state index contributed by atoms with van der Waals surface area (Å²) in [5.41, 5.74) is 1.65. The standard InChI is InChI=1S/C18H18O4/c19-16-14-10-4-5-11-15(14)22-18(17(16)20)21-12-6-9-13-7-2-1-3-8-13/h1-11,16-20H,12H2/b9-6+/t16-,17+,18+/m1/s1. The molecule has 0 saturated heterocycles. The number of benzene rings is 2. The molecule has 1 aliphatic rings. The molecule has 0 fully saturated rings. The van der Waals surface area contributed by atoms with Crippen LogP contribution in [0.15, 0.2) is 60.7 Å². The van der Waals surface area contributed by atoms with Crippen molar-refractivity contribution in [1.29, 1.82) is 0 Å². The maximum absolute atomic E-state index is 10.1. The number of hydrogen-bond donors (Lipinski definition) is 2. The normalized spacial score (nSPS) is 24.0. The van der Waals surface area contributed by atoms with Crippen molar-refractivity contribution in [2.75, 3.05) is 6.61 Å². The molecule has 2 aromatic carbocycles. The van der Waals surface area contributed by atoms with Crippen LogP contribution in [0, 0.1) is 0 Å². The van der Waals surface area contributed by atoms with Gasteiger partial charge in [0.15, 0.2) is 0 Å². The Morgan fingerprint density at radius 1 is 1.00 bits per heavy atom. The molecule has 1 aliphatic heterocycles. The van der Waals surface area contributed by atoms with Gasteiger partial charge in [-0.05, 0) is 11.6 Å². The fourth-order valence-corrected chi connectivity index (χ4v) is 2.39. The fraction of sp³-hybridized carbons (Fsp3) is 0.222. The number of aliphatic hydroxyl groups is 2. The molecule has 0 aromatic heterocycles. The molecule has 3 rings (SSSR count). The average molecular weight is 298 g/mol. The third-order valence-corrected chi connectivity index (χ3v) is 3.55. The van der Waals surface area contributed by atoms with E-state index in [1.54, 1.807) is 18.2 Å². The highest BCUT2D eigenvalue weighted by atomic mass is 16.7. The van der Waals surface area contributed by atoms with Crippen molar-refractivity contribution in [3.05, 3.63) is 71.8 Å². The molecule has 0 radical (unpaired) electrons. The zero-order valence-electron chi connectivity index (χ0n) is 12.0. The van der Waals surface area contributed by atoms with Gasteiger partial charge in [0, 0.05) is 5.56 Å². The van der Waals surface area contributed by atoms with Crippen LogP contribution in [0.2, 0.25) is 0 Å². The molecule has 0 aliphatic carbocycles. The van der Waals surface area contributed by atoms with E-state index in [9.17, 15) is 10.2 Å². The lowest BCUT2D eigenvalue weighted by Crippen LogP contribution is -2.42. The van der Waals surface area contributed by atoms with E-state index in [2.05, 4.69) is 0 Å². The van der Waals surface area contributed by atoms with Gasteiger partial charge >= 0.3 is 0 Å². The molecule has 2 aromatic rings. The molecule has 0 spiro atoms. The van der Waals surface area contributed by atoms with E-state index in [0.717, 1.165) is 5.56 Å². The van der Waals surface area contributed by atoms with Gasteiger partial charge in [-0.3, -0.25) is 0 Å². The van der Waals surface area contributed by atoms with Crippen molar-refractivity contribution in [2.45, 2.75) is 18.5 Å². The Kier molecular flexibility index (Phi) is 4.53. The number of para-hydroxylation sites is 1. The molecule has 0 unspecified atom stereocenters. The van der Waals surface area contributed by atoms with E-state index in [1.807, 2.05) is 48.6 Å². The molecule has 114 valence electrons. The average Bonchev–Trinajstić information content (AvgIpc) is 2.57. The summed E-state index contributed by atoms with van der Waals surface area (Å²) in [5, 5.41) is 20.2. The number of rotatable bonds is 4. The maximum Gasteiger partial charge on any atom is 0.229 e. The monoisotopic (exact) mass is 298 g/mol. The van der Waals surface area contributed by atoms with Gasteiger partial charge in [-0.15, -0.1) is 0 Å². The lowest BCUT2D eigenvalue weighted by molar-refractivity contribution is -0.182. The van der Waals surface area contributed by atoms with Gasteiger partial charge in [0.1, 0.15) is 18.0 Å². The fourth-order valence-electron chi connectivity index (χ4n) is 2.39. The first-order valence-corrected chi connectivity index (χ1v) is 7.20. The molecular weight excluding hydrogens is 280 g/mol. The van der Waals surface area contributed by atoms with Gasteiger partial charge in [-0.2, -0.15) is 0 Å².